The average Bonchev–Trinajstić information content (AvgIpc) is 3.09. The summed E-state index contributed by atoms with van der Waals surface area (Å²) in [6.45, 7) is 1.11. The van der Waals surface area contributed by atoms with Crippen LogP contribution in [0.25, 0.3) is 12.2 Å². The smallest absolute Gasteiger partial charge is 0.150 e. The lowest BCUT2D eigenvalue weighted by atomic mass is 9.69. The van der Waals surface area contributed by atoms with Gasteiger partial charge in [0.25, 0.3) is 0 Å². The van der Waals surface area contributed by atoms with Gasteiger partial charge in [-0.2, -0.15) is 0 Å². The van der Waals surface area contributed by atoms with Gasteiger partial charge in [0.1, 0.15) is 17.7 Å². The third-order valence-electron chi connectivity index (χ3n) is 7.60. The summed E-state index contributed by atoms with van der Waals surface area (Å²) in [4.78, 5) is 9.33. The first kappa shape index (κ1) is 31.2. The molecule has 5 rings (SSSR count). The number of methoxy groups -OCH3 is 2. The first-order chi connectivity index (χ1) is 22.0. The van der Waals surface area contributed by atoms with E-state index in [1.54, 1.807) is 14.2 Å². The van der Waals surface area contributed by atoms with Crippen LogP contribution in [0.5, 0.6) is 0 Å². The number of nitrogens with zero attached hydrogens (tertiary/aromatic N) is 2. The van der Waals surface area contributed by atoms with Gasteiger partial charge >= 0.3 is 0 Å². The van der Waals surface area contributed by atoms with Gasteiger partial charge in [-0.3, -0.25) is 0 Å². The van der Waals surface area contributed by atoms with Crippen LogP contribution < -0.4 is 15.9 Å². The van der Waals surface area contributed by atoms with Gasteiger partial charge in [-0.15, -0.1) is 19.3 Å². The van der Waals surface area contributed by atoms with Gasteiger partial charge in [-0.05, 0) is 65.7 Å². The molecular formula is C38H33N3O4. The summed E-state index contributed by atoms with van der Waals surface area (Å²) >= 11 is 0. The fourth-order valence-electron chi connectivity index (χ4n) is 5.51. The van der Waals surface area contributed by atoms with Gasteiger partial charge in [-0.1, -0.05) is 48.1 Å². The highest BCUT2D eigenvalue weighted by Gasteiger charge is 2.55. The summed E-state index contributed by atoms with van der Waals surface area (Å²) in [5.74, 6) is 8.74. The van der Waals surface area contributed by atoms with E-state index in [2.05, 4.69) is 28.1 Å². The van der Waals surface area contributed by atoms with Crippen molar-refractivity contribution >= 4 is 23.7 Å². The molecule has 0 amide bonds. The van der Waals surface area contributed by atoms with Crippen molar-refractivity contribution in [2.75, 3.05) is 46.0 Å². The van der Waals surface area contributed by atoms with Crippen molar-refractivity contribution in [1.82, 2.24) is 9.97 Å². The zero-order valence-corrected chi connectivity index (χ0v) is 25.2. The Bertz CT molecular complexity index is 1930. The molecule has 3 aromatic carbocycles. The number of fused-ring (bicyclic) bond motifs is 1. The Balaban J connectivity index is 1.88. The van der Waals surface area contributed by atoms with E-state index in [4.69, 9.17) is 43.2 Å². The number of terminal acetylenes is 3. The minimum absolute atomic E-state index is 0.224. The maximum absolute atomic E-state index is 6.96. The summed E-state index contributed by atoms with van der Waals surface area (Å²) < 4.78 is 24.7. The molecule has 1 heterocycles. The largest absolute Gasteiger partial charge is 0.382 e. The van der Waals surface area contributed by atoms with Crippen LogP contribution in [0.3, 0.4) is 0 Å². The van der Waals surface area contributed by atoms with E-state index in [9.17, 15) is 0 Å². The molecule has 1 N–H and O–H groups in total. The molecule has 4 aromatic rings. The molecule has 0 saturated heterocycles. The average molecular weight is 596 g/mol. The summed E-state index contributed by atoms with van der Waals surface area (Å²) in [7, 11) is 3.25. The zero-order valence-electron chi connectivity index (χ0n) is 25.2. The molecule has 0 spiro atoms. The van der Waals surface area contributed by atoms with E-state index >= 15 is 0 Å². The Hall–Kier alpha value is -5.20. The predicted octanol–water partition coefficient (Wildman–Crippen LogP) is 3.86. The number of anilines is 2. The molecule has 2 atom stereocenters. The summed E-state index contributed by atoms with van der Waals surface area (Å²) in [6.07, 6.45) is 22.9. The third kappa shape index (κ3) is 6.24. The number of hydrogen-bond acceptors (Lipinski definition) is 7. The molecule has 1 aliphatic rings. The quantitative estimate of drug-likeness (QED) is 0.197. The second-order valence-corrected chi connectivity index (χ2v) is 10.3. The number of aromatic nitrogens is 2. The van der Waals surface area contributed by atoms with E-state index in [-0.39, 0.29) is 13.2 Å². The molecule has 7 nitrogen and oxygen atoms in total. The first-order valence-corrected chi connectivity index (χ1v) is 14.3. The van der Waals surface area contributed by atoms with Crippen molar-refractivity contribution in [3.8, 4) is 37.0 Å². The van der Waals surface area contributed by atoms with Crippen molar-refractivity contribution < 1.29 is 18.9 Å². The summed E-state index contributed by atoms with van der Waals surface area (Å²) in [6, 6.07) is 22.9. The van der Waals surface area contributed by atoms with Crippen LogP contribution in [0.1, 0.15) is 27.8 Å². The molecule has 0 fully saturated rings. The molecular weight excluding hydrogens is 562 g/mol. The van der Waals surface area contributed by atoms with Crippen molar-refractivity contribution in [2.45, 2.75) is 11.2 Å². The Morgan fingerprint density at radius 1 is 0.667 bits per heavy atom. The van der Waals surface area contributed by atoms with Crippen LogP contribution in [0, 0.1) is 37.0 Å². The van der Waals surface area contributed by atoms with Crippen LogP contribution in [0.4, 0.5) is 11.5 Å². The fourth-order valence-corrected chi connectivity index (χ4v) is 5.51. The molecule has 2 unspecified atom stereocenters. The number of benzene rings is 3. The van der Waals surface area contributed by atoms with E-state index in [1.165, 1.54) is 6.33 Å². The Morgan fingerprint density at radius 3 is 1.76 bits per heavy atom. The molecule has 0 aliphatic heterocycles. The number of hydrogen-bond donors (Lipinski definition) is 1. The van der Waals surface area contributed by atoms with Crippen LogP contribution in [-0.2, 0) is 30.1 Å². The number of rotatable bonds is 12. The minimum Gasteiger partial charge on any atom is -0.382 e. The topological polar surface area (TPSA) is 74.7 Å². The van der Waals surface area contributed by atoms with Crippen LogP contribution in [0.2, 0.25) is 0 Å². The molecule has 224 valence electrons. The molecule has 0 saturated carbocycles. The van der Waals surface area contributed by atoms with Crippen LogP contribution >= 0.6 is 0 Å². The number of ether oxygens (including phenoxy) is 4. The Labute approximate surface area is 263 Å². The maximum Gasteiger partial charge on any atom is 0.150 e. The van der Waals surface area contributed by atoms with Gasteiger partial charge in [0.15, 0.2) is 5.60 Å². The molecule has 45 heavy (non-hydrogen) atoms. The molecule has 0 bridgehead atoms. The highest BCUT2D eigenvalue weighted by molar-refractivity contribution is 5.68. The first-order valence-electron chi connectivity index (χ1n) is 14.3. The molecule has 7 heteroatoms. The standard InChI is InChI=1S/C38H33N3O4/c1-6-28-12-9-15-31(22-28)37(44-20-18-42-4)25-34-35(39-27-40-36(34)41-33-17-11-14-30(8-3)24-33)26-38(37,45-21-19-43-5)32-16-10-13-29(7-2)23-32/h1-3,9-17,22-27H,18-21H2,4-5H3,(H,39,40,41). The Kier molecular flexibility index (Phi) is 9.76. The van der Waals surface area contributed by atoms with Gasteiger partial charge in [0.05, 0.1) is 31.8 Å². The Morgan fingerprint density at radius 2 is 1.20 bits per heavy atom. The maximum atomic E-state index is 6.96. The molecule has 1 aromatic heterocycles. The SMILES string of the molecule is C#Cc1cccc(Nc2ncnc3c2=CC(OCCOC)(c2cccc(C#C)c2)C(OCCOC)(c2cccc(C#C)c2)C=3)c1. The van der Waals surface area contributed by atoms with Crippen LogP contribution in [0.15, 0.2) is 79.1 Å². The van der Waals surface area contributed by atoms with E-state index in [0.29, 0.717) is 40.7 Å². The lowest BCUT2D eigenvalue weighted by molar-refractivity contribution is -0.167. The van der Waals surface area contributed by atoms with Crippen molar-refractivity contribution in [1.29, 1.82) is 0 Å². The summed E-state index contributed by atoms with van der Waals surface area (Å²) in [5.41, 5.74) is 1.78. The van der Waals surface area contributed by atoms with Gasteiger partial charge < -0.3 is 24.3 Å². The van der Waals surface area contributed by atoms with Gasteiger partial charge in [0.2, 0.25) is 0 Å². The predicted molar refractivity (Wildman–Crippen MR) is 176 cm³/mol. The van der Waals surface area contributed by atoms with E-state index < -0.39 is 11.2 Å². The van der Waals surface area contributed by atoms with Gasteiger partial charge in [0, 0.05) is 41.8 Å². The lowest BCUT2D eigenvalue weighted by Crippen LogP contribution is -2.57. The monoisotopic (exact) mass is 595 g/mol. The summed E-state index contributed by atoms with van der Waals surface area (Å²) in [5, 5.41) is 4.75. The zero-order chi connectivity index (χ0) is 31.7. The minimum atomic E-state index is -1.31. The van der Waals surface area contributed by atoms with Crippen molar-refractivity contribution in [3.05, 3.63) is 118 Å². The van der Waals surface area contributed by atoms with E-state index in [1.807, 2.05) is 84.9 Å². The second kappa shape index (κ2) is 14.1. The highest BCUT2D eigenvalue weighted by Crippen LogP contribution is 2.50. The van der Waals surface area contributed by atoms with Crippen molar-refractivity contribution in [2.24, 2.45) is 0 Å². The molecule has 1 aliphatic carbocycles. The second-order valence-electron chi connectivity index (χ2n) is 10.3. The number of nitrogens with one attached hydrogen (secondary N) is 1. The van der Waals surface area contributed by atoms with E-state index in [0.717, 1.165) is 22.4 Å². The van der Waals surface area contributed by atoms with Gasteiger partial charge in [-0.25, -0.2) is 9.97 Å². The highest BCUT2D eigenvalue weighted by atomic mass is 16.6. The molecule has 0 radical (unpaired) electrons. The van der Waals surface area contributed by atoms with Crippen molar-refractivity contribution in [3.63, 3.8) is 0 Å². The fraction of sp³-hybridized carbons (Fsp3) is 0.211. The van der Waals surface area contributed by atoms with Crippen LogP contribution in [-0.4, -0.2) is 50.6 Å². The third-order valence-corrected chi connectivity index (χ3v) is 7.60. The normalized spacial score (nSPS) is 18.3. The lowest BCUT2D eigenvalue weighted by Gasteiger charge is -2.49.